The summed E-state index contributed by atoms with van der Waals surface area (Å²) in [6.45, 7) is 3.95. The highest BCUT2D eigenvalue weighted by Gasteiger charge is 2.39. The summed E-state index contributed by atoms with van der Waals surface area (Å²) in [5.41, 5.74) is 1.18. The molecule has 1 aromatic rings. The number of hydrogen-bond donors (Lipinski definition) is 1. The number of nitrogens with zero attached hydrogens (tertiary/aromatic N) is 1. The van der Waals surface area contributed by atoms with Crippen LogP contribution in [0.3, 0.4) is 0 Å². The molecule has 0 spiro atoms. The molecule has 0 aromatic carbocycles. The molecule has 0 bridgehead atoms. The van der Waals surface area contributed by atoms with Crippen molar-refractivity contribution in [2.45, 2.75) is 63.5 Å². The fourth-order valence-corrected chi connectivity index (χ4v) is 4.03. The third kappa shape index (κ3) is 3.18. The molecule has 2 fully saturated rings. The van der Waals surface area contributed by atoms with Crippen LogP contribution in [-0.2, 0) is 16.8 Å². The van der Waals surface area contributed by atoms with Gasteiger partial charge in [0, 0.05) is 31.0 Å². The monoisotopic (exact) mass is 280 g/mol. The molecule has 0 amide bonds. The van der Waals surface area contributed by atoms with Crippen molar-refractivity contribution in [3.63, 3.8) is 0 Å². The van der Waals surface area contributed by atoms with E-state index in [2.05, 4.69) is 17.6 Å². The lowest BCUT2D eigenvalue weighted by molar-refractivity contribution is -0.0392. The quantitative estimate of drug-likeness (QED) is 0.832. The number of ether oxygens (including phenoxy) is 1. The highest BCUT2D eigenvalue weighted by atomic mass is 32.1. The largest absolute Gasteiger partial charge is 0.368 e. The molecule has 4 heteroatoms. The van der Waals surface area contributed by atoms with E-state index in [0.29, 0.717) is 0 Å². The number of aromatic nitrogens is 1. The smallest absolute Gasteiger partial charge is 0.125 e. The van der Waals surface area contributed by atoms with Crippen molar-refractivity contribution in [3.05, 3.63) is 16.1 Å². The number of thiazole rings is 1. The van der Waals surface area contributed by atoms with Gasteiger partial charge in [0.15, 0.2) is 0 Å². The zero-order chi connectivity index (χ0) is 13.1. The summed E-state index contributed by atoms with van der Waals surface area (Å²) in [7, 11) is 0. The summed E-state index contributed by atoms with van der Waals surface area (Å²) in [4.78, 5) is 4.85. The van der Waals surface area contributed by atoms with E-state index in [9.17, 15) is 0 Å². The molecule has 1 N–H and O–H groups in total. The van der Waals surface area contributed by atoms with E-state index in [-0.39, 0.29) is 5.60 Å². The van der Waals surface area contributed by atoms with Crippen LogP contribution >= 0.6 is 11.3 Å². The molecule has 0 radical (unpaired) electrons. The maximum atomic E-state index is 6.07. The maximum Gasteiger partial charge on any atom is 0.125 e. The Labute approximate surface area is 119 Å². The van der Waals surface area contributed by atoms with Crippen LogP contribution < -0.4 is 5.32 Å². The molecule has 0 aliphatic heterocycles. The summed E-state index contributed by atoms with van der Waals surface area (Å²) in [5, 5.41) is 6.99. The Kier molecular flexibility index (Phi) is 4.20. The summed E-state index contributed by atoms with van der Waals surface area (Å²) in [5.74, 6) is 0. The zero-order valence-corrected chi connectivity index (χ0v) is 12.6. The summed E-state index contributed by atoms with van der Waals surface area (Å²) in [6, 6.07) is 0.794. The van der Waals surface area contributed by atoms with Crippen molar-refractivity contribution in [1.29, 1.82) is 0 Å². The van der Waals surface area contributed by atoms with Gasteiger partial charge in [-0.05, 0) is 32.6 Å². The molecule has 19 heavy (non-hydrogen) atoms. The Morgan fingerprint density at radius 1 is 1.42 bits per heavy atom. The third-order valence-corrected chi connectivity index (χ3v) is 5.24. The van der Waals surface area contributed by atoms with Crippen LogP contribution in [0.4, 0.5) is 0 Å². The highest BCUT2D eigenvalue weighted by molar-refractivity contribution is 7.09. The van der Waals surface area contributed by atoms with Gasteiger partial charge in [0.1, 0.15) is 10.6 Å². The lowest BCUT2D eigenvalue weighted by atomic mass is 10.0. The molecule has 2 saturated carbocycles. The number of nitrogens with one attached hydrogen (secondary N) is 1. The minimum Gasteiger partial charge on any atom is -0.368 e. The molecule has 3 rings (SSSR count). The molecule has 1 heterocycles. The molecule has 2 aliphatic rings. The van der Waals surface area contributed by atoms with Gasteiger partial charge in [-0.2, -0.15) is 0 Å². The first-order valence-electron chi connectivity index (χ1n) is 7.65. The SMILES string of the molecule is CCOC1(c2nc(CCNC3CC3)cs2)CCCC1. The predicted molar refractivity (Wildman–Crippen MR) is 78.6 cm³/mol. The Balaban J connectivity index is 1.61. The van der Waals surface area contributed by atoms with Crippen LogP contribution in [0.25, 0.3) is 0 Å². The minimum atomic E-state index is -0.0540. The van der Waals surface area contributed by atoms with Crippen LogP contribution in [-0.4, -0.2) is 24.2 Å². The van der Waals surface area contributed by atoms with E-state index in [4.69, 9.17) is 9.72 Å². The van der Waals surface area contributed by atoms with Crippen LogP contribution in [0.15, 0.2) is 5.38 Å². The second kappa shape index (κ2) is 5.90. The summed E-state index contributed by atoms with van der Waals surface area (Å²) >= 11 is 1.80. The highest BCUT2D eigenvalue weighted by Crippen LogP contribution is 2.43. The van der Waals surface area contributed by atoms with Crippen molar-refractivity contribution in [1.82, 2.24) is 10.3 Å². The van der Waals surface area contributed by atoms with Crippen LogP contribution in [0, 0.1) is 0 Å². The van der Waals surface area contributed by atoms with Gasteiger partial charge < -0.3 is 10.1 Å². The Morgan fingerprint density at radius 3 is 2.89 bits per heavy atom. The average Bonchev–Trinajstić information content (AvgIpc) is 2.91. The standard InChI is InChI=1S/C15H24N2OS/c1-2-18-15(8-3-4-9-15)14-17-13(11-19-14)7-10-16-12-5-6-12/h11-12,16H,2-10H2,1H3. The summed E-state index contributed by atoms with van der Waals surface area (Å²) < 4.78 is 6.07. The fourth-order valence-electron chi connectivity index (χ4n) is 2.97. The van der Waals surface area contributed by atoms with Gasteiger partial charge >= 0.3 is 0 Å². The lowest BCUT2D eigenvalue weighted by Gasteiger charge is -2.26. The van der Waals surface area contributed by atoms with Crippen LogP contribution in [0.1, 0.15) is 56.2 Å². The van der Waals surface area contributed by atoms with E-state index < -0.39 is 0 Å². The minimum absolute atomic E-state index is 0.0540. The van der Waals surface area contributed by atoms with Crippen molar-refractivity contribution in [2.75, 3.05) is 13.2 Å². The molecule has 0 saturated heterocycles. The van der Waals surface area contributed by atoms with Crippen LogP contribution in [0.5, 0.6) is 0 Å². The van der Waals surface area contributed by atoms with Gasteiger partial charge in [-0.15, -0.1) is 11.3 Å². The third-order valence-electron chi connectivity index (χ3n) is 4.16. The lowest BCUT2D eigenvalue weighted by Crippen LogP contribution is -2.26. The molecule has 3 nitrogen and oxygen atoms in total. The van der Waals surface area contributed by atoms with Gasteiger partial charge in [0.25, 0.3) is 0 Å². The number of hydrogen-bond acceptors (Lipinski definition) is 4. The van der Waals surface area contributed by atoms with Gasteiger partial charge in [0.2, 0.25) is 0 Å². The normalized spacial score (nSPS) is 21.9. The molecule has 0 unspecified atom stereocenters. The molecule has 2 aliphatic carbocycles. The second-order valence-electron chi connectivity index (χ2n) is 5.76. The Hall–Kier alpha value is -0.450. The first kappa shape index (κ1) is 13.5. The van der Waals surface area contributed by atoms with E-state index in [1.807, 2.05) is 0 Å². The van der Waals surface area contributed by atoms with Crippen molar-refractivity contribution in [3.8, 4) is 0 Å². The Bertz CT molecular complexity index is 408. The van der Waals surface area contributed by atoms with Gasteiger partial charge in [-0.1, -0.05) is 12.8 Å². The van der Waals surface area contributed by atoms with E-state index in [1.165, 1.54) is 36.4 Å². The summed E-state index contributed by atoms with van der Waals surface area (Å²) in [6.07, 6.45) is 8.61. The van der Waals surface area contributed by atoms with Crippen molar-refractivity contribution < 1.29 is 4.74 Å². The first-order valence-corrected chi connectivity index (χ1v) is 8.52. The first-order chi connectivity index (χ1) is 9.32. The van der Waals surface area contributed by atoms with E-state index >= 15 is 0 Å². The molecule has 0 atom stereocenters. The second-order valence-corrected chi connectivity index (χ2v) is 6.61. The van der Waals surface area contributed by atoms with Gasteiger partial charge in [-0.3, -0.25) is 0 Å². The van der Waals surface area contributed by atoms with Crippen LogP contribution in [0.2, 0.25) is 0 Å². The van der Waals surface area contributed by atoms with Gasteiger partial charge in [-0.25, -0.2) is 4.98 Å². The molecule has 106 valence electrons. The fraction of sp³-hybridized carbons (Fsp3) is 0.800. The van der Waals surface area contributed by atoms with E-state index in [0.717, 1.165) is 38.5 Å². The predicted octanol–water partition coefficient (Wildman–Crippen LogP) is 3.24. The Morgan fingerprint density at radius 2 is 2.21 bits per heavy atom. The topological polar surface area (TPSA) is 34.1 Å². The maximum absolute atomic E-state index is 6.07. The van der Waals surface area contributed by atoms with Crippen molar-refractivity contribution in [2.24, 2.45) is 0 Å². The van der Waals surface area contributed by atoms with Crippen molar-refractivity contribution >= 4 is 11.3 Å². The van der Waals surface area contributed by atoms with Gasteiger partial charge in [0.05, 0.1) is 5.69 Å². The number of rotatable bonds is 7. The molecular formula is C15H24N2OS. The average molecular weight is 280 g/mol. The zero-order valence-electron chi connectivity index (χ0n) is 11.8. The molecular weight excluding hydrogens is 256 g/mol. The molecule has 1 aromatic heterocycles. The van der Waals surface area contributed by atoms with E-state index in [1.54, 1.807) is 11.3 Å².